The van der Waals surface area contributed by atoms with Gasteiger partial charge in [0, 0.05) is 25.0 Å². The quantitative estimate of drug-likeness (QED) is 0.923. The Kier molecular flexibility index (Phi) is 5.51. The molecule has 0 unspecified atom stereocenters. The van der Waals surface area contributed by atoms with Gasteiger partial charge in [-0.25, -0.2) is 0 Å². The van der Waals surface area contributed by atoms with Gasteiger partial charge < -0.3 is 15.4 Å². The summed E-state index contributed by atoms with van der Waals surface area (Å²) >= 11 is 0. The summed E-state index contributed by atoms with van der Waals surface area (Å²) in [6.45, 7) is 2.54. The number of rotatable bonds is 4. The molecule has 7 heteroatoms. The monoisotopic (exact) mass is 330 g/mol. The lowest BCUT2D eigenvalue weighted by molar-refractivity contribution is -0.274. The summed E-state index contributed by atoms with van der Waals surface area (Å²) in [5, 5.41) is 0. The number of carbonyl (C=O) groups is 1. The number of carbonyl (C=O) groups excluding carboxylic acids is 1. The fourth-order valence-electron chi connectivity index (χ4n) is 2.90. The Morgan fingerprint density at radius 2 is 2.09 bits per heavy atom. The molecule has 128 valence electrons. The van der Waals surface area contributed by atoms with Crippen LogP contribution in [0.2, 0.25) is 0 Å². The lowest BCUT2D eigenvalue weighted by Crippen LogP contribution is -2.48. The number of nitrogens with zero attached hydrogens (tertiary/aromatic N) is 1. The zero-order chi connectivity index (χ0) is 17.0. The molecule has 0 radical (unpaired) electrons. The Hall–Kier alpha value is -1.76. The number of alkyl halides is 3. The second kappa shape index (κ2) is 7.21. The fraction of sp³-hybridized carbons (Fsp3) is 0.562. The molecule has 0 spiro atoms. The van der Waals surface area contributed by atoms with E-state index < -0.39 is 6.36 Å². The van der Waals surface area contributed by atoms with Crippen molar-refractivity contribution in [3.63, 3.8) is 0 Å². The van der Waals surface area contributed by atoms with Gasteiger partial charge in [0.2, 0.25) is 5.91 Å². The van der Waals surface area contributed by atoms with Gasteiger partial charge in [0.1, 0.15) is 5.75 Å². The SMILES string of the molecule is C[C@H]1C[C@H](N)CCN1C(=O)CCc1ccccc1OC(F)(F)F. The van der Waals surface area contributed by atoms with E-state index in [1.165, 1.54) is 12.1 Å². The number of hydrogen-bond acceptors (Lipinski definition) is 3. The van der Waals surface area contributed by atoms with Gasteiger partial charge in [0.15, 0.2) is 0 Å². The Morgan fingerprint density at radius 1 is 1.39 bits per heavy atom. The molecule has 2 N–H and O–H groups in total. The van der Waals surface area contributed by atoms with Crippen molar-refractivity contribution in [3.8, 4) is 5.75 Å². The molecule has 1 aromatic rings. The Bertz CT molecular complexity index is 548. The highest BCUT2D eigenvalue weighted by Crippen LogP contribution is 2.27. The molecule has 1 aromatic carbocycles. The predicted molar refractivity (Wildman–Crippen MR) is 79.8 cm³/mol. The smallest absolute Gasteiger partial charge is 0.406 e. The van der Waals surface area contributed by atoms with E-state index in [-0.39, 0.29) is 36.6 Å². The summed E-state index contributed by atoms with van der Waals surface area (Å²) < 4.78 is 41.2. The largest absolute Gasteiger partial charge is 0.573 e. The van der Waals surface area contributed by atoms with Crippen LogP contribution in [0.25, 0.3) is 0 Å². The maximum atomic E-state index is 12.4. The molecular formula is C16H21F3N2O2. The first-order chi connectivity index (χ1) is 10.8. The van der Waals surface area contributed by atoms with Crippen LogP contribution in [0.5, 0.6) is 5.75 Å². The number of nitrogens with two attached hydrogens (primary N) is 1. The highest BCUT2D eigenvalue weighted by atomic mass is 19.4. The highest BCUT2D eigenvalue weighted by molar-refractivity contribution is 5.77. The molecule has 4 nitrogen and oxygen atoms in total. The number of amides is 1. The average Bonchev–Trinajstić information content (AvgIpc) is 2.44. The number of piperidine rings is 1. The van der Waals surface area contributed by atoms with E-state index in [1.807, 2.05) is 6.92 Å². The fourth-order valence-corrected chi connectivity index (χ4v) is 2.90. The van der Waals surface area contributed by atoms with Crippen LogP contribution in [0.15, 0.2) is 24.3 Å². The Balaban J connectivity index is 1.97. The van der Waals surface area contributed by atoms with E-state index in [1.54, 1.807) is 17.0 Å². The van der Waals surface area contributed by atoms with Gasteiger partial charge in [-0.15, -0.1) is 13.2 Å². The molecule has 0 aromatic heterocycles. The number of hydrogen-bond donors (Lipinski definition) is 1. The summed E-state index contributed by atoms with van der Waals surface area (Å²) in [5.41, 5.74) is 6.24. The first-order valence-corrected chi connectivity index (χ1v) is 7.65. The zero-order valence-corrected chi connectivity index (χ0v) is 13.0. The molecule has 1 aliphatic rings. The van der Waals surface area contributed by atoms with Crippen LogP contribution in [0, 0.1) is 0 Å². The first kappa shape index (κ1) is 17.6. The minimum Gasteiger partial charge on any atom is -0.406 e. The molecule has 23 heavy (non-hydrogen) atoms. The highest BCUT2D eigenvalue weighted by Gasteiger charge is 2.32. The van der Waals surface area contributed by atoms with Crippen molar-refractivity contribution in [3.05, 3.63) is 29.8 Å². The van der Waals surface area contributed by atoms with Crippen LogP contribution in [0.3, 0.4) is 0 Å². The van der Waals surface area contributed by atoms with E-state index in [0.717, 1.165) is 12.8 Å². The third-order valence-electron chi connectivity index (χ3n) is 4.04. The molecular weight excluding hydrogens is 309 g/mol. The van der Waals surface area contributed by atoms with Gasteiger partial charge in [-0.05, 0) is 37.8 Å². The molecule has 1 fully saturated rings. The lowest BCUT2D eigenvalue weighted by Gasteiger charge is -2.36. The van der Waals surface area contributed by atoms with Crippen LogP contribution in [-0.4, -0.2) is 35.8 Å². The average molecular weight is 330 g/mol. The van der Waals surface area contributed by atoms with Crippen molar-refractivity contribution in [2.75, 3.05) is 6.54 Å². The van der Waals surface area contributed by atoms with Gasteiger partial charge in [-0.3, -0.25) is 4.79 Å². The minimum absolute atomic E-state index is 0.0629. The number of likely N-dealkylation sites (tertiary alicyclic amines) is 1. The number of benzene rings is 1. The Morgan fingerprint density at radius 3 is 2.74 bits per heavy atom. The molecule has 0 aliphatic carbocycles. The molecule has 1 heterocycles. The topological polar surface area (TPSA) is 55.6 Å². The van der Waals surface area contributed by atoms with Crippen molar-refractivity contribution in [1.29, 1.82) is 0 Å². The third kappa shape index (κ3) is 5.13. The second-order valence-electron chi connectivity index (χ2n) is 5.88. The van der Waals surface area contributed by atoms with Crippen LogP contribution < -0.4 is 10.5 Å². The summed E-state index contributed by atoms with van der Waals surface area (Å²) in [4.78, 5) is 14.1. The minimum atomic E-state index is -4.74. The molecule has 0 saturated carbocycles. The Labute approximate surface area is 133 Å². The summed E-state index contributed by atoms with van der Waals surface area (Å²) in [5.74, 6) is -0.312. The summed E-state index contributed by atoms with van der Waals surface area (Å²) in [7, 11) is 0. The van der Waals surface area contributed by atoms with E-state index in [2.05, 4.69) is 4.74 Å². The van der Waals surface area contributed by atoms with Crippen LogP contribution in [0.4, 0.5) is 13.2 Å². The van der Waals surface area contributed by atoms with Crippen LogP contribution in [0.1, 0.15) is 31.7 Å². The number of aryl methyl sites for hydroxylation is 1. The van der Waals surface area contributed by atoms with Crippen LogP contribution in [-0.2, 0) is 11.2 Å². The standard InChI is InChI=1S/C16H21F3N2O2/c1-11-10-13(20)8-9-21(11)15(22)7-6-12-4-2-3-5-14(12)23-16(17,18)19/h2-5,11,13H,6-10,20H2,1H3/t11-,13+/m0/s1. The molecule has 1 aliphatic heterocycles. The van der Waals surface area contributed by atoms with Crippen molar-refractivity contribution >= 4 is 5.91 Å². The first-order valence-electron chi connectivity index (χ1n) is 7.65. The third-order valence-corrected chi connectivity index (χ3v) is 4.04. The van der Waals surface area contributed by atoms with Gasteiger partial charge in [0.25, 0.3) is 0 Å². The van der Waals surface area contributed by atoms with E-state index in [0.29, 0.717) is 12.1 Å². The molecule has 2 rings (SSSR count). The number of ether oxygens (including phenoxy) is 1. The maximum absolute atomic E-state index is 12.4. The normalized spacial score (nSPS) is 22.0. The summed E-state index contributed by atoms with van der Waals surface area (Å²) in [6, 6.07) is 6.08. The predicted octanol–water partition coefficient (Wildman–Crippen LogP) is 2.86. The van der Waals surface area contributed by atoms with E-state index in [4.69, 9.17) is 5.73 Å². The second-order valence-corrected chi connectivity index (χ2v) is 5.88. The molecule has 1 amide bonds. The lowest BCUT2D eigenvalue weighted by atomic mass is 9.98. The zero-order valence-electron chi connectivity index (χ0n) is 13.0. The van der Waals surface area contributed by atoms with E-state index in [9.17, 15) is 18.0 Å². The van der Waals surface area contributed by atoms with Crippen LogP contribution >= 0.6 is 0 Å². The van der Waals surface area contributed by atoms with Crippen molar-refractivity contribution in [2.45, 2.75) is 51.1 Å². The summed E-state index contributed by atoms with van der Waals surface area (Å²) in [6.07, 6.45) is -2.88. The number of para-hydroxylation sites is 1. The molecule has 1 saturated heterocycles. The van der Waals surface area contributed by atoms with Gasteiger partial charge in [-0.1, -0.05) is 18.2 Å². The van der Waals surface area contributed by atoms with Crippen molar-refractivity contribution in [2.24, 2.45) is 5.73 Å². The van der Waals surface area contributed by atoms with Gasteiger partial charge in [0.05, 0.1) is 0 Å². The van der Waals surface area contributed by atoms with E-state index >= 15 is 0 Å². The van der Waals surface area contributed by atoms with Crippen molar-refractivity contribution < 1.29 is 22.7 Å². The molecule has 0 bridgehead atoms. The molecule has 2 atom stereocenters. The van der Waals surface area contributed by atoms with Gasteiger partial charge in [-0.2, -0.15) is 0 Å². The van der Waals surface area contributed by atoms with Crippen molar-refractivity contribution in [1.82, 2.24) is 4.90 Å². The number of halogens is 3. The maximum Gasteiger partial charge on any atom is 0.573 e. The van der Waals surface area contributed by atoms with Gasteiger partial charge >= 0.3 is 6.36 Å².